The molecule has 0 N–H and O–H groups in total. The first kappa shape index (κ1) is 20.8. The number of halogens is 8. The molecular weight excluding hydrogens is 435 g/mol. The van der Waals surface area contributed by atoms with Gasteiger partial charge in [-0.3, -0.25) is 0 Å². The molecule has 2 heterocycles. The number of alkyl halides is 6. The first-order chi connectivity index (χ1) is 13.4. The van der Waals surface area contributed by atoms with E-state index in [1.54, 1.807) is 0 Å². The maximum atomic E-state index is 13.6. The molecule has 0 spiro atoms. The molecule has 154 valence electrons. The summed E-state index contributed by atoms with van der Waals surface area (Å²) in [4.78, 5) is 3.53. The highest BCUT2D eigenvalue weighted by atomic mass is 35.5. The van der Waals surface area contributed by atoms with Crippen LogP contribution in [0.4, 0.5) is 30.7 Å². The minimum Gasteiger partial charge on any atom is -0.481 e. The summed E-state index contributed by atoms with van der Waals surface area (Å²) in [6.07, 6.45) is -8.84. The van der Waals surface area contributed by atoms with Crippen molar-refractivity contribution in [1.29, 1.82) is 0 Å². The van der Waals surface area contributed by atoms with Crippen LogP contribution in [0.3, 0.4) is 0 Å². The lowest BCUT2D eigenvalue weighted by Crippen LogP contribution is -2.06. The van der Waals surface area contributed by atoms with Gasteiger partial charge in [-0.2, -0.15) is 26.3 Å². The summed E-state index contributed by atoms with van der Waals surface area (Å²) >= 11 is 5.76. The molecule has 0 aliphatic heterocycles. The van der Waals surface area contributed by atoms with Gasteiger partial charge in [0.25, 0.3) is 11.8 Å². The van der Waals surface area contributed by atoms with Crippen LogP contribution in [-0.4, -0.2) is 15.2 Å². The molecule has 0 saturated carbocycles. The zero-order valence-electron chi connectivity index (χ0n) is 13.8. The number of benzene rings is 1. The number of aromatic nitrogens is 3. The quantitative estimate of drug-likeness (QED) is 0.497. The van der Waals surface area contributed by atoms with Gasteiger partial charge in [0.05, 0.1) is 16.1 Å². The Hall–Kier alpha value is -2.89. The van der Waals surface area contributed by atoms with Crippen molar-refractivity contribution < 1.29 is 39.9 Å². The fraction of sp³-hybridized carbons (Fsp3) is 0.188. The Bertz CT molecular complexity index is 1030. The van der Waals surface area contributed by atoms with Crippen molar-refractivity contribution in [3.05, 3.63) is 58.3 Å². The maximum Gasteiger partial charge on any atom is 0.417 e. The first-order valence-corrected chi connectivity index (χ1v) is 7.88. The lowest BCUT2D eigenvalue weighted by molar-refractivity contribution is -0.138. The minimum absolute atomic E-state index is 0.247. The maximum absolute atomic E-state index is 13.6. The average molecular weight is 442 g/mol. The standard InChI is InChI=1S/C16H7ClF7N3O2/c17-9-3-8(16(22,23)24)5-25-13(9)14-27-26-12(29-14)6-28-11-4-7(15(19,20)21)1-2-10(11)18/h1-5H,6H2. The second kappa shape index (κ2) is 7.50. The number of pyridine rings is 1. The highest BCUT2D eigenvalue weighted by Gasteiger charge is 2.33. The lowest BCUT2D eigenvalue weighted by atomic mass is 10.2. The van der Waals surface area contributed by atoms with E-state index in [2.05, 4.69) is 15.2 Å². The van der Waals surface area contributed by atoms with Gasteiger partial charge in [0.1, 0.15) is 5.69 Å². The first-order valence-electron chi connectivity index (χ1n) is 7.50. The van der Waals surface area contributed by atoms with E-state index in [0.717, 1.165) is 0 Å². The molecule has 29 heavy (non-hydrogen) atoms. The third kappa shape index (κ3) is 4.75. The zero-order chi connectivity index (χ0) is 21.4. The van der Waals surface area contributed by atoms with Crippen LogP contribution in [0.15, 0.2) is 34.9 Å². The Morgan fingerprint density at radius 3 is 2.28 bits per heavy atom. The largest absolute Gasteiger partial charge is 0.481 e. The molecule has 0 amide bonds. The van der Waals surface area contributed by atoms with Crippen LogP contribution in [0.25, 0.3) is 11.6 Å². The SMILES string of the molecule is Fc1ccc(C(F)(F)F)cc1OCc1nnc(-c2ncc(C(F)(F)F)cc2Cl)o1. The summed E-state index contributed by atoms with van der Waals surface area (Å²) in [5.41, 5.74) is -2.46. The summed E-state index contributed by atoms with van der Waals surface area (Å²) in [5, 5.41) is 6.63. The second-order valence-corrected chi connectivity index (χ2v) is 5.89. The lowest BCUT2D eigenvalue weighted by Gasteiger charge is -2.10. The molecule has 0 aliphatic carbocycles. The smallest absolute Gasteiger partial charge is 0.417 e. The Labute approximate surface area is 162 Å². The van der Waals surface area contributed by atoms with Gasteiger partial charge in [-0.1, -0.05) is 11.6 Å². The second-order valence-electron chi connectivity index (χ2n) is 5.48. The van der Waals surface area contributed by atoms with Gasteiger partial charge in [-0.05, 0) is 24.3 Å². The van der Waals surface area contributed by atoms with Crippen molar-refractivity contribution in [3.63, 3.8) is 0 Å². The third-order valence-corrected chi connectivity index (χ3v) is 3.74. The number of rotatable bonds is 4. The van der Waals surface area contributed by atoms with E-state index in [1.165, 1.54) is 0 Å². The van der Waals surface area contributed by atoms with E-state index in [0.29, 0.717) is 30.5 Å². The third-order valence-electron chi connectivity index (χ3n) is 3.45. The van der Waals surface area contributed by atoms with Crippen molar-refractivity contribution in [1.82, 2.24) is 15.2 Å². The van der Waals surface area contributed by atoms with E-state index < -0.39 is 46.7 Å². The summed E-state index contributed by atoms with van der Waals surface area (Å²) in [7, 11) is 0. The topological polar surface area (TPSA) is 61.0 Å². The van der Waals surface area contributed by atoms with Gasteiger partial charge in [0.2, 0.25) is 0 Å². The van der Waals surface area contributed by atoms with Crippen molar-refractivity contribution in [2.75, 3.05) is 0 Å². The van der Waals surface area contributed by atoms with Crippen LogP contribution in [0.5, 0.6) is 5.75 Å². The molecule has 0 aliphatic rings. The predicted molar refractivity (Wildman–Crippen MR) is 83.3 cm³/mol. The average Bonchev–Trinajstić information content (AvgIpc) is 3.08. The molecule has 0 radical (unpaired) electrons. The van der Waals surface area contributed by atoms with Gasteiger partial charge in [0.15, 0.2) is 18.2 Å². The van der Waals surface area contributed by atoms with Crippen LogP contribution in [-0.2, 0) is 19.0 Å². The predicted octanol–water partition coefficient (Wildman–Crippen LogP) is 5.54. The van der Waals surface area contributed by atoms with Gasteiger partial charge in [0, 0.05) is 6.20 Å². The summed E-state index contributed by atoms with van der Waals surface area (Å²) in [6.45, 7) is -0.608. The molecule has 2 aromatic heterocycles. The molecule has 0 fully saturated rings. The molecule has 1 aromatic carbocycles. The Kier molecular flexibility index (Phi) is 5.39. The number of ether oxygens (including phenoxy) is 1. The molecule has 0 bridgehead atoms. The van der Waals surface area contributed by atoms with Crippen LogP contribution in [0.1, 0.15) is 17.0 Å². The van der Waals surface area contributed by atoms with Crippen molar-refractivity contribution in [2.24, 2.45) is 0 Å². The van der Waals surface area contributed by atoms with E-state index in [-0.39, 0.29) is 17.5 Å². The van der Waals surface area contributed by atoms with Crippen LogP contribution in [0, 0.1) is 5.82 Å². The minimum atomic E-state index is -4.70. The normalized spacial score (nSPS) is 12.3. The monoisotopic (exact) mass is 441 g/mol. The van der Waals surface area contributed by atoms with Gasteiger partial charge >= 0.3 is 12.4 Å². The number of hydrogen-bond acceptors (Lipinski definition) is 5. The van der Waals surface area contributed by atoms with Crippen LogP contribution < -0.4 is 4.74 Å². The molecule has 0 saturated heterocycles. The van der Waals surface area contributed by atoms with E-state index in [1.807, 2.05) is 0 Å². The van der Waals surface area contributed by atoms with Crippen LogP contribution >= 0.6 is 11.6 Å². The van der Waals surface area contributed by atoms with Crippen molar-refractivity contribution in [3.8, 4) is 17.3 Å². The van der Waals surface area contributed by atoms with E-state index in [4.69, 9.17) is 20.8 Å². The molecule has 13 heteroatoms. The fourth-order valence-corrected chi connectivity index (χ4v) is 2.33. The summed E-state index contributed by atoms with van der Waals surface area (Å²) in [5.74, 6) is -2.41. The molecule has 3 aromatic rings. The Morgan fingerprint density at radius 2 is 1.66 bits per heavy atom. The molecule has 0 unspecified atom stereocenters. The Morgan fingerprint density at radius 1 is 0.966 bits per heavy atom. The van der Waals surface area contributed by atoms with Crippen LogP contribution in [0.2, 0.25) is 5.02 Å². The molecular formula is C16H7ClF7N3O2. The highest BCUT2D eigenvalue weighted by molar-refractivity contribution is 6.32. The van der Waals surface area contributed by atoms with Gasteiger partial charge < -0.3 is 9.15 Å². The van der Waals surface area contributed by atoms with Gasteiger partial charge in [-0.25, -0.2) is 9.37 Å². The molecule has 0 atom stereocenters. The summed E-state index contributed by atoms with van der Waals surface area (Å²) < 4.78 is 99.6. The number of hydrogen-bond donors (Lipinski definition) is 0. The van der Waals surface area contributed by atoms with Crippen molar-refractivity contribution in [2.45, 2.75) is 19.0 Å². The summed E-state index contributed by atoms with van der Waals surface area (Å²) in [6, 6.07) is 2.21. The fourth-order valence-electron chi connectivity index (χ4n) is 2.09. The number of nitrogens with zero attached hydrogens (tertiary/aromatic N) is 3. The molecule has 5 nitrogen and oxygen atoms in total. The Balaban J connectivity index is 1.77. The van der Waals surface area contributed by atoms with Gasteiger partial charge in [-0.15, -0.1) is 10.2 Å². The molecule has 3 rings (SSSR count). The van der Waals surface area contributed by atoms with Crippen molar-refractivity contribution >= 4 is 11.6 Å². The van der Waals surface area contributed by atoms with E-state index >= 15 is 0 Å². The highest BCUT2D eigenvalue weighted by Crippen LogP contribution is 2.34. The zero-order valence-corrected chi connectivity index (χ0v) is 14.5. The van der Waals surface area contributed by atoms with E-state index in [9.17, 15) is 30.7 Å².